The number of hydrogen-bond donors (Lipinski definition) is 0. The molecule has 0 bridgehead atoms. The Bertz CT molecular complexity index is 429. The van der Waals surface area contributed by atoms with Crippen LogP contribution in [0.3, 0.4) is 0 Å². The summed E-state index contributed by atoms with van der Waals surface area (Å²) in [6.45, 7) is 2.02. The average molecular weight is 185 g/mol. The molecular formula is C13H10F. The Morgan fingerprint density at radius 2 is 1.71 bits per heavy atom. The summed E-state index contributed by atoms with van der Waals surface area (Å²) < 4.78 is 12.7. The SMILES string of the molecule is Cc1c[c]cc(-c2ccc(F)cc2)c1. The predicted octanol–water partition coefficient (Wildman–Crippen LogP) is 3.60. The Kier molecular flexibility index (Phi) is 2.32. The van der Waals surface area contributed by atoms with Crippen molar-refractivity contribution in [1.29, 1.82) is 0 Å². The van der Waals surface area contributed by atoms with E-state index in [2.05, 4.69) is 12.1 Å². The van der Waals surface area contributed by atoms with Crippen molar-refractivity contribution in [2.24, 2.45) is 0 Å². The summed E-state index contributed by atoms with van der Waals surface area (Å²) in [4.78, 5) is 0. The Morgan fingerprint density at radius 3 is 2.36 bits per heavy atom. The average Bonchev–Trinajstić information content (AvgIpc) is 2.19. The van der Waals surface area contributed by atoms with Crippen LogP contribution in [0.5, 0.6) is 0 Å². The third-order valence-corrected chi connectivity index (χ3v) is 2.11. The van der Waals surface area contributed by atoms with Crippen LogP contribution in [0.15, 0.2) is 42.5 Å². The van der Waals surface area contributed by atoms with Gasteiger partial charge in [0.1, 0.15) is 5.82 Å². The van der Waals surface area contributed by atoms with Gasteiger partial charge in [-0.05, 0) is 47.9 Å². The van der Waals surface area contributed by atoms with Crippen LogP contribution in [0.2, 0.25) is 0 Å². The van der Waals surface area contributed by atoms with Gasteiger partial charge in [0.2, 0.25) is 0 Å². The number of hydrogen-bond acceptors (Lipinski definition) is 0. The molecule has 0 heterocycles. The van der Waals surface area contributed by atoms with Crippen LogP contribution in [-0.2, 0) is 0 Å². The lowest BCUT2D eigenvalue weighted by molar-refractivity contribution is 0.628. The first-order valence-electron chi connectivity index (χ1n) is 4.49. The van der Waals surface area contributed by atoms with E-state index in [1.165, 1.54) is 12.1 Å². The minimum Gasteiger partial charge on any atom is -0.207 e. The summed E-state index contributed by atoms with van der Waals surface area (Å²) in [5.74, 6) is -0.203. The van der Waals surface area contributed by atoms with Crippen molar-refractivity contribution in [2.75, 3.05) is 0 Å². The minimum absolute atomic E-state index is 0.203. The van der Waals surface area contributed by atoms with Gasteiger partial charge in [-0.1, -0.05) is 24.3 Å². The lowest BCUT2D eigenvalue weighted by Gasteiger charge is -2.01. The van der Waals surface area contributed by atoms with Gasteiger partial charge in [0.05, 0.1) is 0 Å². The second kappa shape index (κ2) is 3.62. The third-order valence-electron chi connectivity index (χ3n) is 2.11. The molecule has 0 saturated heterocycles. The Hall–Kier alpha value is -1.63. The van der Waals surface area contributed by atoms with Crippen molar-refractivity contribution in [1.82, 2.24) is 0 Å². The van der Waals surface area contributed by atoms with Gasteiger partial charge in [0, 0.05) is 0 Å². The van der Waals surface area contributed by atoms with Crippen LogP contribution in [0, 0.1) is 18.8 Å². The van der Waals surface area contributed by atoms with Crippen molar-refractivity contribution in [3.05, 3.63) is 59.9 Å². The first kappa shape index (κ1) is 8.95. The molecule has 1 radical (unpaired) electrons. The van der Waals surface area contributed by atoms with E-state index in [0.29, 0.717) is 0 Å². The van der Waals surface area contributed by atoms with Gasteiger partial charge in [0.25, 0.3) is 0 Å². The molecule has 1 heteroatoms. The smallest absolute Gasteiger partial charge is 0.123 e. The highest BCUT2D eigenvalue weighted by Gasteiger charge is 1.97. The second-order valence-electron chi connectivity index (χ2n) is 3.31. The Balaban J connectivity index is 2.44. The molecule has 0 N–H and O–H groups in total. The number of halogens is 1. The molecule has 2 rings (SSSR count). The molecule has 0 aliphatic heterocycles. The van der Waals surface area contributed by atoms with Gasteiger partial charge in [-0.15, -0.1) is 0 Å². The molecule has 0 amide bonds. The van der Waals surface area contributed by atoms with Gasteiger partial charge in [-0.3, -0.25) is 0 Å². The van der Waals surface area contributed by atoms with Crippen molar-refractivity contribution >= 4 is 0 Å². The fourth-order valence-electron chi connectivity index (χ4n) is 1.40. The molecule has 14 heavy (non-hydrogen) atoms. The fourth-order valence-corrected chi connectivity index (χ4v) is 1.40. The Morgan fingerprint density at radius 1 is 1.00 bits per heavy atom. The normalized spacial score (nSPS) is 10.1. The zero-order valence-corrected chi connectivity index (χ0v) is 7.92. The first-order valence-corrected chi connectivity index (χ1v) is 4.49. The van der Waals surface area contributed by atoms with Crippen LogP contribution >= 0.6 is 0 Å². The number of benzene rings is 2. The molecule has 0 atom stereocenters. The summed E-state index contributed by atoms with van der Waals surface area (Å²) in [5.41, 5.74) is 3.25. The van der Waals surface area contributed by atoms with Crippen LogP contribution in [0.1, 0.15) is 5.56 Å². The fraction of sp³-hybridized carbons (Fsp3) is 0.0769. The number of rotatable bonds is 1. The first-order chi connectivity index (χ1) is 6.75. The summed E-state index contributed by atoms with van der Waals surface area (Å²) in [7, 11) is 0. The summed E-state index contributed by atoms with van der Waals surface area (Å²) in [6, 6.07) is 15.4. The second-order valence-corrected chi connectivity index (χ2v) is 3.31. The molecule has 2 aromatic rings. The largest absolute Gasteiger partial charge is 0.207 e. The lowest BCUT2D eigenvalue weighted by Crippen LogP contribution is -1.80. The van der Waals surface area contributed by atoms with E-state index >= 15 is 0 Å². The predicted molar refractivity (Wildman–Crippen MR) is 55.4 cm³/mol. The van der Waals surface area contributed by atoms with Crippen molar-refractivity contribution in [2.45, 2.75) is 6.92 Å². The molecule has 0 fully saturated rings. The van der Waals surface area contributed by atoms with Crippen molar-refractivity contribution in [3.63, 3.8) is 0 Å². The summed E-state index contributed by atoms with van der Waals surface area (Å²) in [6.07, 6.45) is 0. The molecule has 0 aromatic heterocycles. The maximum Gasteiger partial charge on any atom is 0.123 e. The summed E-state index contributed by atoms with van der Waals surface area (Å²) in [5, 5.41) is 0. The maximum absolute atomic E-state index is 12.7. The van der Waals surface area contributed by atoms with Crippen LogP contribution in [0.25, 0.3) is 11.1 Å². The maximum atomic E-state index is 12.7. The van der Waals surface area contributed by atoms with Crippen molar-refractivity contribution < 1.29 is 4.39 Å². The molecule has 0 spiro atoms. The van der Waals surface area contributed by atoms with Gasteiger partial charge >= 0.3 is 0 Å². The molecule has 0 nitrogen and oxygen atoms in total. The summed E-state index contributed by atoms with van der Waals surface area (Å²) >= 11 is 0. The van der Waals surface area contributed by atoms with E-state index < -0.39 is 0 Å². The van der Waals surface area contributed by atoms with Gasteiger partial charge in [-0.25, -0.2) is 4.39 Å². The monoisotopic (exact) mass is 185 g/mol. The highest BCUT2D eigenvalue weighted by Crippen LogP contribution is 2.19. The van der Waals surface area contributed by atoms with E-state index in [1.54, 1.807) is 12.1 Å². The molecule has 2 aromatic carbocycles. The zero-order valence-electron chi connectivity index (χ0n) is 7.92. The van der Waals surface area contributed by atoms with E-state index in [1.807, 2.05) is 19.1 Å². The standard InChI is InChI=1S/C13H10F/c1-10-3-2-4-12(9-10)11-5-7-13(14)8-6-11/h3-9H,1H3. The zero-order chi connectivity index (χ0) is 9.97. The van der Waals surface area contributed by atoms with Crippen molar-refractivity contribution in [3.8, 4) is 11.1 Å². The van der Waals surface area contributed by atoms with Crippen LogP contribution in [-0.4, -0.2) is 0 Å². The highest BCUT2D eigenvalue weighted by molar-refractivity contribution is 5.63. The van der Waals surface area contributed by atoms with Gasteiger partial charge in [0.15, 0.2) is 0 Å². The topological polar surface area (TPSA) is 0 Å². The highest BCUT2D eigenvalue weighted by atomic mass is 19.1. The van der Waals surface area contributed by atoms with Crippen LogP contribution in [0.4, 0.5) is 4.39 Å². The van der Waals surface area contributed by atoms with Crippen LogP contribution < -0.4 is 0 Å². The molecule has 69 valence electrons. The molecule has 0 saturated carbocycles. The quantitative estimate of drug-likeness (QED) is 0.636. The Labute approximate surface area is 83.0 Å². The van der Waals surface area contributed by atoms with Gasteiger partial charge < -0.3 is 0 Å². The molecule has 0 aliphatic rings. The van der Waals surface area contributed by atoms with E-state index in [9.17, 15) is 4.39 Å². The third kappa shape index (κ3) is 1.82. The van der Waals surface area contributed by atoms with Gasteiger partial charge in [-0.2, -0.15) is 0 Å². The van der Waals surface area contributed by atoms with E-state index in [0.717, 1.165) is 16.7 Å². The molecule has 0 unspecified atom stereocenters. The molecular weight excluding hydrogens is 175 g/mol. The minimum atomic E-state index is -0.203. The van der Waals surface area contributed by atoms with E-state index in [4.69, 9.17) is 0 Å². The molecule has 0 aliphatic carbocycles. The number of aryl methyl sites for hydroxylation is 1. The lowest BCUT2D eigenvalue weighted by atomic mass is 10.0. The van der Waals surface area contributed by atoms with E-state index in [-0.39, 0.29) is 5.82 Å².